The van der Waals surface area contributed by atoms with Crippen molar-refractivity contribution in [3.05, 3.63) is 41.8 Å². The smallest absolute Gasteiger partial charge is 0.243 e. The van der Waals surface area contributed by atoms with Crippen LogP contribution in [0.3, 0.4) is 0 Å². The third-order valence-electron chi connectivity index (χ3n) is 6.63. The van der Waals surface area contributed by atoms with E-state index >= 15 is 0 Å². The zero-order valence-electron chi connectivity index (χ0n) is 19.4. The molecule has 1 amide bonds. The van der Waals surface area contributed by atoms with Crippen LogP contribution in [0.25, 0.3) is 0 Å². The highest BCUT2D eigenvalue weighted by molar-refractivity contribution is 7.92. The summed E-state index contributed by atoms with van der Waals surface area (Å²) in [6.45, 7) is 4.20. The van der Waals surface area contributed by atoms with Gasteiger partial charge in [-0.1, -0.05) is 38.0 Å². The number of aliphatic hydroxyl groups excluding tert-OH is 1. The van der Waals surface area contributed by atoms with Crippen LogP contribution < -0.4 is 4.72 Å². The maximum absolute atomic E-state index is 13.0. The molecule has 1 aliphatic heterocycles. The molecule has 1 saturated heterocycles. The first-order valence-corrected chi connectivity index (χ1v) is 14.8. The number of carbonyl (C=O) groups excluding carboxylic acids is 1. The van der Waals surface area contributed by atoms with Gasteiger partial charge >= 0.3 is 0 Å². The predicted molar refractivity (Wildman–Crippen MR) is 130 cm³/mol. The standard InChI is InChI=1S/C23H35N3O6S2/c1-2-33(29,30)24-17-20-12-13-25(18-20)34(31,32)22-10-8-19(9-11-22)16-23(28)26(14-15-27)21-6-4-3-5-7-21/h2,8-11,20-21,24,27H,1,3-7,12-18H2/t20-/m1/s1. The quantitative estimate of drug-likeness (QED) is 0.462. The lowest BCUT2D eigenvalue weighted by atomic mass is 9.93. The number of aliphatic hydroxyl groups is 1. The first kappa shape index (κ1) is 26.8. The Hall–Kier alpha value is -1.79. The summed E-state index contributed by atoms with van der Waals surface area (Å²) >= 11 is 0. The average molecular weight is 514 g/mol. The summed E-state index contributed by atoms with van der Waals surface area (Å²) in [4.78, 5) is 14.8. The van der Waals surface area contributed by atoms with E-state index < -0.39 is 20.0 Å². The number of rotatable bonds is 11. The van der Waals surface area contributed by atoms with E-state index in [-0.39, 0.29) is 48.9 Å². The van der Waals surface area contributed by atoms with E-state index in [1.54, 1.807) is 17.0 Å². The molecule has 1 heterocycles. The molecule has 3 rings (SSSR count). The lowest BCUT2D eigenvalue weighted by Crippen LogP contribution is -2.43. The van der Waals surface area contributed by atoms with Crippen LogP contribution in [-0.4, -0.2) is 75.9 Å². The predicted octanol–water partition coefficient (Wildman–Crippen LogP) is 1.46. The van der Waals surface area contributed by atoms with Gasteiger partial charge < -0.3 is 10.0 Å². The first-order valence-electron chi connectivity index (χ1n) is 11.8. The fourth-order valence-electron chi connectivity index (χ4n) is 4.69. The number of sulfonamides is 2. The number of benzene rings is 1. The molecule has 1 saturated carbocycles. The van der Waals surface area contributed by atoms with E-state index in [4.69, 9.17) is 0 Å². The van der Waals surface area contributed by atoms with Crippen LogP contribution >= 0.6 is 0 Å². The minimum Gasteiger partial charge on any atom is -0.395 e. The zero-order valence-corrected chi connectivity index (χ0v) is 21.1. The fraction of sp³-hybridized carbons (Fsp3) is 0.609. The third kappa shape index (κ3) is 6.88. The van der Waals surface area contributed by atoms with Crippen LogP contribution in [0.5, 0.6) is 0 Å². The van der Waals surface area contributed by atoms with Gasteiger partial charge in [0.05, 0.1) is 17.9 Å². The Labute approximate surface area is 202 Å². The molecule has 0 radical (unpaired) electrons. The van der Waals surface area contributed by atoms with E-state index in [0.29, 0.717) is 19.5 Å². The normalized spacial score (nSPS) is 20.3. The molecule has 2 aliphatic rings. The number of amides is 1. The molecule has 190 valence electrons. The van der Waals surface area contributed by atoms with Gasteiger partial charge in [-0.15, -0.1) is 0 Å². The van der Waals surface area contributed by atoms with Crippen molar-refractivity contribution in [2.24, 2.45) is 5.92 Å². The second-order valence-corrected chi connectivity index (χ2v) is 12.7. The highest BCUT2D eigenvalue weighted by Crippen LogP contribution is 2.26. The van der Waals surface area contributed by atoms with Crippen molar-refractivity contribution in [3.8, 4) is 0 Å². The van der Waals surface area contributed by atoms with E-state index in [0.717, 1.165) is 36.7 Å². The minimum absolute atomic E-state index is 0.0547. The summed E-state index contributed by atoms with van der Waals surface area (Å²) in [6.07, 6.45) is 5.98. The summed E-state index contributed by atoms with van der Waals surface area (Å²) < 4.78 is 52.9. The van der Waals surface area contributed by atoms with Gasteiger partial charge in [-0.25, -0.2) is 21.6 Å². The Kier molecular flexibility index (Phi) is 9.27. The molecular weight excluding hydrogens is 478 g/mol. The van der Waals surface area contributed by atoms with Crippen molar-refractivity contribution < 1.29 is 26.7 Å². The van der Waals surface area contributed by atoms with Crippen molar-refractivity contribution in [2.75, 3.05) is 32.8 Å². The van der Waals surface area contributed by atoms with E-state index in [9.17, 15) is 26.7 Å². The van der Waals surface area contributed by atoms with Crippen LogP contribution in [0, 0.1) is 5.92 Å². The Morgan fingerprint density at radius 3 is 2.41 bits per heavy atom. The number of hydrogen-bond donors (Lipinski definition) is 2. The van der Waals surface area contributed by atoms with Gasteiger partial charge in [-0.3, -0.25) is 4.79 Å². The van der Waals surface area contributed by atoms with Gasteiger partial charge in [0.1, 0.15) is 0 Å². The molecular formula is C23H35N3O6S2. The number of nitrogens with one attached hydrogen (secondary N) is 1. The summed E-state index contributed by atoms with van der Waals surface area (Å²) in [5, 5.41) is 10.2. The molecule has 1 aliphatic carbocycles. The molecule has 1 aromatic rings. The molecule has 1 aromatic carbocycles. The summed E-state index contributed by atoms with van der Waals surface area (Å²) in [5.41, 5.74) is 0.723. The molecule has 0 unspecified atom stereocenters. The SMILES string of the molecule is C=CS(=O)(=O)NC[C@H]1CCN(S(=O)(=O)c2ccc(CC(=O)N(CCO)C3CCCCC3)cc2)C1. The monoisotopic (exact) mass is 513 g/mol. The molecule has 1 atom stereocenters. The van der Waals surface area contributed by atoms with Gasteiger partial charge in [0.15, 0.2) is 0 Å². The second-order valence-electron chi connectivity index (χ2n) is 9.00. The molecule has 9 nitrogen and oxygen atoms in total. The summed E-state index contributed by atoms with van der Waals surface area (Å²) in [7, 11) is -7.25. The van der Waals surface area contributed by atoms with Gasteiger partial charge in [-0.2, -0.15) is 4.31 Å². The number of carbonyl (C=O) groups is 1. The van der Waals surface area contributed by atoms with Gasteiger partial charge in [0.2, 0.25) is 26.0 Å². The van der Waals surface area contributed by atoms with Gasteiger partial charge in [0, 0.05) is 37.6 Å². The molecule has 0 spiro atoms. The minimum atomic E-state index is -3.71. The van der Waals surface area contributed by atoms with Crippen LogP contribution in [0.2, 0.25) is 0 Å². The maximum atomic E-state index is 13.0. The van der Waals surface area contributed by atoms with Gasteiger partial charge in [-0.05, 0) is 42.9 Å². The molecule has 34 heavy (non-hydrogen) atoms. The van der Waals surface area contributed by atoms with Crippen molar-refractivity contribution in [3.63, 3.8) is 0 Å². The lowest BCUT2D eigenvalue weighted by Gasteiger charge is -2.34. The Bertz CT molecular complexity index is 1050. The highest BCUT2D eigenvalue weighted by atomic mass is 32.2. The molecule has 11 heteroatoms. The molecule has 2 fully saturated rings. The van der Waals surface area contributed by atoms with Crippen LogP contribution in [0.1, 0.15) is 44.1 Å². The average Bonchev–Trinajstić information content (AvgIpc) is 3.32. The Morgan fingerprint density at radius 1 is 1.12 bits per heavy atom. The summed E-state index contributed by atoms with van der Waals surface area (Å²) in [6, 6.07) is 6.51. The van der Waals surface area contributed by atoms with Crippen LogP contribution in [0.15, 0.2) is 41.1 Å². The first-order chi connectivity index (χ1) is 16.2. The largest absolute Gasteiger partial charge is 0.395 e. The topological polar surface area (TPSA) is 124 Å². The van der Waals surface area contributed by atoms with E-state index in [1.165, 1.54) is 22.9 Å². The third-order valence-corrected chi connectivity index (χ3v) is 9.52. The van der Waals surface area contributed by atoms with Crippen molar-refractivity contribution >= 4 is 26.0 Å². The highest BCUT2D eigenvalue weighted by Gasteiger charge is 2.33. The lowest BCUT2D eigenvalue weighted by molar-refractivity contribution is -0.134. The van der Waals surface area contributed by atoms with Crippen LogP contribution in [0.4, 0.5) is 0 Å². The van der Waals surface area contributed by atoms with Crippen LogP contribution in [-0.2, 0) is 31.3 Å². The second kappa shape index (κ2) is 11.8. The Balaban J connectivity index is 1.60. The molecule has 0 bridgehead atoms. The van der Waals surface area contributed by atoms with E-state index in [2.05, 4.69) is 11.3 Å². The van der Waals surface area contributed by atoms with Crippen molar-refractivity contribution in [1.82, 2.24) is 13.9 Å². The van der Waals surface area contributed by atoms with Crippen molar-refractivity contribution in [1.29, 1.82) is 0 Å². The van der Waals surface area contributed by atoms with Crippen molar-refractivity contribution in [2.45, 2.75) is 55.9 Å². The maximum Gasteiger partial charge on any atom is 0.243 e. The molecule has 2 N–H and O–H groups in total. The molecule has 0 aromatic heterocycles. The Morgan fingerprint density at radius 2 is 1.79 bits per heavy atom. The van der Waals surface area contributed by atoms with Gasteiger partial charge in [0.25, 0.3) is 0 Å². The number of hydrogen-bond acceptors (Lipinski definition) is 6. The fourth-order valence-corrected chi connectivity index (χ4v) is 6.81. The number of nitrogens with zero attached hydrogens (tertiary/aromatic N) is 2. The zero-order chi connectivity index (χ0) is 24.8. The summed E-state index contributed by atoms with van der Waals surface area (Å²) in [5.74, 6) is -0.167. The van der Waals surface area contributed by atoms with E-state index in [1.807, 2.05) is 0 Å².